The van der Waals surface area contributed by atoms with Crippen LogP contribution in [0.3, 0.4) is 0 Å². The van der Waals surface area contributed by atoms with E-state index in [-0.39, 0.29) is 5.82 Å². The summed E-state index contributed by atoms with van der Waals surface area (Å²) in [6.07, 6.45) is 1.97. The molecule has 0 spiro atoms. The summed E-state index contributed by atoms with van der Waals surface area (Å²) < 4.78 is 15.4. The van der Waals surface area contributed by atoms with Crippen LogP contribution in [-0.2, 0) is 6.54 Å². The Morgan fingerprint density at radius 1 is 1.20 bits per heavy atom. The Hall–Kier alpha value is -2.20. The van der Waals surface area contributed by atoms with E-state index in [1.54, 1.807) is 13.0 Å². The Labute approximate surface area is 116 Å². The van der Waals surface area contributed by atoms with Crippen molar-refractivity contribution in [1.82, 2.24) is 9.38 Å². The first-order valence-corrected chi connectivity index (χ1v) is 6.54. The van der Waals surface area contributed by atoms with Crippen LogP contribution in [0.25, 0.3) is 16.9 Å². The summed E-state index contributed by atoms with van der Waals surface area (Å²) in [5, 5.41) is 0. The Morgan fingerprint density at radius 3 is 2.70 bits per heavy atom. The molecule has 0 aliphatic carbocycles. The fraction of sp³-hybridized carbons (Fsp3) is 0.188. The molecule has 0 unspecified atom stereocenters. The van der Waals surface area contributed by atoms with E-state index in [4.69, 9.17) is 5.73 Å². The van der Waals surface area contributed by atoms with Gasteiger partial charge in [-0.25, -0.2) is 9.37 Å². The maximum absolute atomic E-state index is 13.4. The van der Waals surface area contributed by atoms with E-state index < -0.39 is 0 Å². The molecule has 1 aromatic carbocycles. The van der Waals surface area contributed by atoms with Crippen molar-refractivity contribution in [3.8, 4) is 11.3 Å². The first kappa shape index (κ1) is 12.8. The molecule has 102 valence electrons. The third-order valence-corrected chi connectivity index (χ3v) is 3.51. The van der Waals surface area contributed by atoms with Crippen LogP contribution in [0.2, 0.25) is 0 Å². The zero-order valence-corrected chi connectivity index (χ0v) is 11.5. The summed E-state index contributed by atoms with van der Waals surface area (Å²) in [7, 11) is 0. The maximum atomic E-state index is 13.4. The van der Waals surface area contributed by atoms with Gasteiger partial charge in [0.1, 0.15) is 11.5 Å². The molecule has 0 bridgehead atoms. The van der Waals surface area contributed by atoms with Gasteiger partial charge in [0, 0.05) is 18.3 Å². The van der Waals surface area contributed by atoms with Gasteiger partial charge in [0.15, 0.2) is 0 Å². The minimum absolute atomic E-state index is 0.206. The molecule has 3 aromatic rings. The van der Waals surface area contributed by atoms with Crippen LogP contribution in [0.5, 0.6) is 0 Å². The number of pyridine rings is 1. The number of fused-ring (bicyclic) bond motifs is 1. The van der Waals surface area contributed by atoms with Crippen molar-refractivity contribution in [2.24, 2.45) is 5.73 Å². The summed E-state index contributed by atoms with van der Waals surface area (Å²) in [4.78, 5) is 4.65. The zero-order chi connectivity index (χ0) is 14.3. The highest BCUT2D eigenvalue weighted by molar-refractivity contribution is 5.67. The average Bonchev–Trinajstić information content (AvgIpc) is 2.79. The minimum atomic E-state index is -0.206. The highest BCUT2D eigenvalue weighted by Gasteiger charge is 2.13. The fourth-order valence-electron chi connectivity index (χ4n) is 2.42. The van der Waals surface area contributed by atoms with Crippen molar-refractivity contribution in [2.45, 2.75) is 20.4 Å². The van der Waals surface area contributed by atoms with Crippen molar-refractivity contribution in [1.29, 1.82) is 0 Å². The fourth-order valence-corrected chi connectivity index (χ4v) is 2.42. The highest BCUT2D eigenvalue weighted by atomic mass is 19.1. The van der Waals surface area contributed by atoms with Gasteiger partial charge in [0.25, 0.3) is 0 Å². The molecule has 0 saturated heterocycles. The van der Waals surface area contributed by atoms with E-state index in [2.05, 4.69) is 4.98 Å². The molecule has 2 N–H and O–H groups in total. The van der Waals surface area contributed by atoms with E-state index in [0.717, 1.165) is 28.2 Å². The molecule has 3 rings (SSSR count). The Morgan fingerprint density at radius 2 is 2.00 bits per heavy atom. The number of aromatic nitrogens is 2. The molecule has 0 saturated carbocycles. The van der Waals surface area contributed by atoms with Crippen molar-refractivity contribution in [3.63, 3.8) is 0 Å². The number of aryl methyl sites for hydroxylation is 2. The second kappa shape index (κ2) is 4.72. The number of hydrogen-bond acceptors (Lipinski definition) is 2. The summed E-state index contributed by atoms with van der Waals surface area (Å²) >= 11 is 0. The van der Waals surface area contributed by atoms with Gasteiger partial charge in [-0.15, -0.1) is 0 Å². The summed E-state index contributed by atoms with van der Waals surface area (Å²) in [6.45, 7) is 4.16. The largest absolute Gasteiger partial charge is 0.325 e. The second-order valence-electron chi connectivity index (χ2n) is 5.01. The standard InChI is InChI=1S/C16H16FN3/c1-10-5-6-20-14(9-18)16(19-15(20)7-10)12-3-4-13(17)11(2)8-12/h3-8H,9,18H2,1-2H3. The number of nitrogens with two attached hydrogens (primary N) is 1. The molecule has 0 amide bonds. The van der Waals surface area contributed by atoms with Gasteiger partial charge in [-0.1, -0.05) is 0 Å². The van der Waals surface area contributed by atoms with Crippen LogP contribution in [0.1, 0.15) is 16.8 Å². The van der Waals surface area contributed by atoms with Crippen molar-refractivity contribution in [2.75, 3.05) is 0 Å². The summed E-state index contributed by atoms with van der Waals surface area (Å²) in [6, 6.07) is 9.06. The topological polar surface area (TPSA) is 43.3 Å². The molecular weight excluding hydrogens is 253 g/mol. The van der Waals surface area contributed by atoms with Gasteiger partial charge < -0.3 is 10.1 Å². The Balaban J connectivity index is 2.26. The Bertz CT molecular complexity index is 790. The lowest BCUT2D eigenvalue weighted by Gasteiger charge is -2.04. The molecule has 2 aromatic heterocycles. The molecule has 0 aliphatic rings. The van der Waals surface area contributed by atoms with Crippen molar-refractivity contribution >= 4 is 5.65 Å². The first-order chi connectivity index (χ1) is 9.60. The van der Waals surface area contributed by atoms with Gasteiger partial charge >= 0.3 is 0 Å². The van der Waals surface area contributed by atoms with Gasteiger partial charge in [0.05, 0.1) is 11.4 Å². The van der Waals surface area contributed by atoms with Gasteiger partial charge in [-0.05, 0) is 55.3 Å². The normalized spacial score (nSPS) is 11.2. The highest BCUT2D eigenvalue weighted by Crippen LogP contribution is 2.26. The monoisotopic (exact) mass is 269 g/mol. The van der Waals surface area contributed by atoms with Crippen LogP contribution in [0, 0.1) is 19.7 Å². The molecule has 20 heavy (non-hydrogen) atoms. The second-order valence-corrected chi connectivity index (χ2v) is 5.01. The number of halogens is 1. The third-order valence-electron chi connectivity index (χ3n) is 3.51. The number of imidazole rings is 1. The molecule has 0 aliphatic heterocycles. The molecular formula is C16H16FN3. The van der Waals surface area contributed by atoms with Gasteiger partial charge in [0.2, 0.25) is 0 Å². The number of rotatable bonds is 2. The van der Waals surface area contributed by atoms with Crippen LogP contribution >= 0.6 is 0 Å². The molecule has 0 fully saturated rings. The van der Waals surface area contributed by atoms with E-state index in [1.807, 2.05) is 35.7 Å². The SMILES string of the molecule is Cc1ccn2c(CN)c(-c3ccc(F)c(C)c3)nc2c1. The van der Waals surface area contributed by atoms with E-state index in [9.17, 15) is 4.39 Å². The molecule has 0 radical (unpaired) electrons. The molecule has 2 heterocycles. The van der Waals surface area contributed by atoms with E-state index >= 15 is 0 Å². The predicted octanol–water partition coefficient (Wildman–Crippen LogP) is 3.22. The van der Waals surface area contributed by atoms with Gasteiger partial charge in [-0.3, -0.25) is 0 Å². The quantitative estimate of drug-likeness (QED) is 0.776. The number of nitrogens with zero attached hydrogens (tertiary/aromatic N) is 2. The number of benzene rings is 1. The van der Waals surface area contributed by atoms with Crippen LogP contribution in [0.15, 0.2) is 36.5 Å². The van der Waals surface area contributed by atoms with Crippen molar-refractivity contribution < 1.29 is 4.39 Å². The lowest BCUT2D eigenvalue weighted by molar-refractivity contribution is 0.618. The minimum Gasteiger partial charge on any atom is -0.325 e. The predicted molar refractivity (Wildman–Crippen MR) is 78.0 cm³/mol. The van der Waals surface area contributed by atoms with E-state index in [0.29, 0.717) is 12.1 Å². The van der Waals surface area contributed by atoms with Crippen LogP contribution in [0.4, 0.5) is 4.39 Å². The van der Waals surface area contributed by atoms with Gasteiger partial charge in [-0.2, -0.15) is 0 Å². The molecule has 4 heteroatoms. The molecule has 3 nitrogen and oxygen atoms in total. The molecule has 0 atom stereocenters. The van der Waals surface area contributed by atoms with Crippen LogP contribution < -0.4 is 5.73 Å². The first-order valence-electron chi connectivity index (χ1n) is 6.54. The van der Waals surface area contributed by atoms with Crippen molar-refractivity contribution in [3.05, 3.63) is 59.2 Å². The lowest BCUT2D eigenvalue weighted by atomic mass is 10.1. The number of hydrogen-bond donors (Lipinski definition) is 1. The average molecular weight is 269 g/mol. The Kier molecular flexibility index (Phi) is 3.03. The summed E-state index contributed by atoms with van der Waals surface area (Å²) in [5.74, 6) is -0.206. The van der Waals surface area contributed by atoms with E-state index in [1.165, 1.54) is 6.07 Å². The lowest BCUT2D eigenvalue weighted by Crippen LogP contribution is -2.02. The smallest absolute Gasteiger partial charge is 0.137 e. The summed E-state index contributed by atoms with van der Waals surface area (Å²) in [5.41, 5.74) is 11.1. The maximum Gasteiger partial charge on any atom is 0.137 e. The van der Waals surface area contributed by atoms with Crippen LogP contribution in [-0.4, -0.2) is 9.38 Å². The zero-order valence-electron chi connectivity index (χ0n) is 11.5. The third kappa shape index (κ3) is 1.98.